The Bertz CT molecular complexity index is 6.00. The number of halogens is 2. The third-order valence-corrected chi connectivity index (χ3v) is 0. The van der Waals surface area contributed by atoms with E-state index in [1.54, 1.807) is 0 Å². The van der Waals surface area contributed by atoms with Crippen LogP contribution in [0.2, 0.25) is 0 Å². The largest absolute Gasteiger partial charge is 1.00 e. The zero-order chi connectivity index (χ0) is 0. The van der Waals surface area contributed by atoms with Crippen molar-refractivity contribution in [3.05, 3.63) is 0 Å². The Kier molecular flexibility index (Phi) is 257. The van der Waals surface area contributed by atoms with E-state index in [2.05, 4.69) is 0 Å². The standard InChI is InChI=1S/2ClH.H2O.Y/h2*1H;1H2;/p-2. The summed E-state index contributed by atoms with van der Waals surface area (Å²) in [5.74, 6) is 0. The van der Waals surface area contributed by atoms with E-state index in [9.17, 15) is 0 Å². The molecule has 0 saturated carbocycles. The van der Waals surface area contributed by atoms with Gasteiger partial charge in [-0.25, -0.2) is 0 Å². The van der Waals surface area contributed by atoms with Gasteiger partial charge in [-0.05, 0) is 0 Å². The average Bonchev–Trinajstić information content (AvgIpc) is 0. The Morgan fingerprint density at radius 1 is 0.750 bits per heavy atom. The molecule has 0 aromatic carbocycles. The van der Waals surface area contributed by atoms with Crippen LogP contribution in [0.5, 0.6) is 0 Å². The first kappa shape index (κ1) is 45.0. The van der Waals surface area contributed by atoms with Crippen LogP contribution < -0.4 is 24.8 Å². The Hall–Kier alpha value is 1.64. The Morgan fingerprint density at radius 2 is 0.750 bits per heavy atom. The van der Waals surface area contributed by atoms with Gasteiger partial charge < -0.3 is 30.3 Å². The van der Waals surface area contributed by atoms with Gasteiger partial charge in [0.15, 0.2) is 0 Å². The quantitative estimate of drug-likeness (QED) is 0.353. The fourth-order valence-corrected chi connectivity index (χ4v) is 0. The molecule has 1 radical (unpaired) electrons. The van der Waals surface area contributed by atoms with Gasteiger partial charge >= 0.3 is 0 Å². The Morgan fingerprint density at radius 3 is 0.750 bits per heavy atom. The maximum Gasteiger partial charge on any atom is 0 e. The monoisotopic (exact) mass is 177 g/mol. The molecule has 4 heavy (non-hydrogen) atoms. The van der Waals surface area contributed by atoms with E-state index in [4.69, 9.17) is 0 Å². The minimum atomic E-state index is 0. The fraction of sp³-hybridized carbons (Fsp3) is 0. The average molecular weight is 178 g/mol. The minimum absolute atomic E-state index is 0. The second-order valence-electron chi connectivity index (χ2n) is 0. The summed E-state index contributed by atoms with van der Waals surface area (Å²) in [5.41, 5.74) is 0. The van der Waals surface area contributed by atoms with E-state index in [0.29, 0.717) is 0 Å². The summed E-state index contributed by atoms with van der Waals surface area (Å²) in [5, 5.41) is 0. The van der Waals surface area contributed by atoms with E-state index >= 15 is 0 Å². The second-order valence-corrected chi connectivity index (χ2v) is 0. The van der Waals surface area contributed by atoms with Crippen LogP contribution in [-0.2, 0) is 32.7 Å². The van der Waals surface area contributed by atoms with Gasteiger partial charge in [0.25, 0.3) is 0 Å². The Labute approximate surface area is 62.5 Å². The molecule has 0 fully saturated rings. The molecule has 0 unspecified atom stereocenters. The maximum absolute atomic E-state index is 0. The molecule has 2 N–H and O–H groups in total. The molecule has 1 nitrogen and oxygen atoms in total. The van der Waals surface area contributed by atoms with Gasteiger partial charge in [-0.15, -0.1) is 0 Å². The molecule has 0 bridgehead atoms. The summed E-state index contributed by atoms with van der Waals surface area (Å²) in [7, 11) is 0. The van der Waals surface area contributed by atoms with E-state index in [1.807, 2.05) is 0 Å². The molecule has 0 aliphatic rings. The van der Waals surface area contributed by atoms with Gasteiger partial charge in [0, 0.05) is 32.7 Å². The van der Waals surface area contributed by atoms with Crippen molar-refractivity contribution in [2.45, 2.75) is 0 Å². The molecule has 0 atom stereocenters. The molecule has 0 heterocycles. The van der Waals surface area contributed by atoms with Gasteiger partial charge in [-0.2, -0.15) is 0 Å². The summed E-state index contributed by atoms with van der Waals surface area (Å²) in [6, 6.07) is 0. The van der Waals surface area contributed by atoms with Crippen LogP contribution in [0.15, 0.2) is 0 Å². The fourth-order valence-electron chi connectivity index (χ4n) is 0. The van der Waals surface area contributed by atoms with Crippen molar-refractivity contribution in [2.24, 2.45) is 0 Å². The van der Waals surface area contributed by atoms with Crippen LogP contribution in [0.25, 0.3) is 0 Å². The van der Waals surface area contributed by atoms with Crippen molar-refractivity contribution in [3.63, 3.8) is 0 Å². The predicted octanol–water partition coefficient (Wildman–Crippen LogP) is -6.82. The van der Waals surface area contributed by atoms with Crippen LogP contribution in [0.1, 0.15) is 0 Å². The molecule has 0 saturated heterocycles. The summed E-state index contributed by atoms with van der Waals surface area (Å²) in [4.78, 5) is 0. The first-order valence-electron chi connectivity index (χ1n) is 0. The second kappa shape index (κ2) is 22.8. The summed E-state index contributed by atoms with van der Waals surface area (Å²) in [6.07, 6.45) is 0. The third kappa shape index (κ3) is 9.43. The molecule has 0 amide bonds. The van der Waals surface area contributed by atoms with Gasteiger partial charge in [0.2, 0.25) is 0 Å². The minimum Gasteiger partial charge on any atom is -1.00 e. The predicted molar refractivity (Wildman–Crippen MR) is 3.61 cm³/mol. The molecular formula is H2Cl2OY-2. The molecule has 0 rings (SSSR count). The topological polar surface area (TPSA) is 31.5 Å². The van der Waals surface area contributed by atoms with Crippen LogP contribution in [0, 0.1) is 0 Å². The van der Waals surface area contributed by atoms with E-state index < -0.39 is 0 Å². The molecule has 0 aromatic heterocycles. The molecular weight excluding hydrogens is 176 g/mol. The van der Waals surface area contributed by atoms with Crippen LogP contribution >= 0.6 is 0 Å². The molecule has 0 aliphatic heterocycles. The number of rotatable bonds is 0. The number of hydrogen-bond donors (Lipinski definition) is 0. The van der Waals surface area contributed by atoms with Gasteiger partial charge in [-0.1, -0.05) is 0 Å². The zero-order valence-electron chi connectivity index (χ0n) is 1.83. The van der Waals surface area contributed by atoms with Gasteiger partial charge in [0.1, 0.15) is 0 Å². The van der Waals surface area contributed by atoms with Crippen molar-refractivity contribution in [1.82, 2.24) is 0 Å². The molecule has 27 valence electrons. The van der Waals surface area contributed by atoms with Crippen molar-refractivity contribution < 1.29 is 63.0 Å². The molecule has 0 spiro atoms. The van der Waals surface area contributed by atoms with Gasteiger partial charge in [0.05, 0.1) is 0 Å². The SMILES string of the molecule is O.[Cl-].[Cl-].[Y]. The molecule has 0 aliphatic carbocycles. The van der Waals surface area contributed by atoms with Gasteiger partial charge in [-0.3, -0.25) is 0 Å². The van der Waals surface area contributed by atoms with E-state index in [0.717, 1.165) is 0 Å². The van der Waals surface area contributed by atoms with Crippen molar-refractivity contribution in [3.8, 4) is 0 Å². The van der Waals surface area contributed by atoms with Crippen LogP contribution in [0.3, 0.4) is 0 Å². The molecule has 4 heteroatoms. The Balaban J connectivity index is 0. The van der Waals surface area contributed by atoms with E-state index in [-0.39, 0.29) is 63.0 Å². The summed E-state index contributed by atoms with van der Waals surface area (Å²) >= 11 is 0. The number of hydrogen-bond acceptors (Lipinski definition) is 0. The zero-order valence-corrected chi connectivity index (χ0v) is 6.18. The van der Waals surface area contributed by atoms with E-state index in [1.165, 1.54) is 0 Å². The smallest absolute Gasteiger partial charge is 0 e. The summed E-state index contributed by atoms with van der Waals surface area (Å²) in [6.45, 7) is 0. The molecule has 0 aromatic rings. The first-order valence-corrected chi connectivity index (χ1v) is 0. The third-order valence-electron chi connectivity index (χ3n) is 0. The first-order chi connectivity index (χ1) is 0. The van der Waals surface area contributed by atoms with Crippen LogP contribution in [0.4, 0.5) is 0 Å². The normalized spacial score (nSPS) is 0. The summed E-state index contributed by atoms with van der Waals surface area (Å²) < 4.78 is 0. The maximum atomic E-state index is 0. The van der Waals surface area contributed by atoms with Crippen LogP contribution in [-0.4, -0.2) is 5.48 Å². The van der Waals surface area contributed by atoms with Crippen molar-refractivity contribution in [1.29, 1.82) is 0 Å². The van der Waals surface area contributed by atoms with Crippen molar-refractivity contribution in [2.75, 3.05) is 0 Å². The van der Waals surface area contributed by atoms with Crippen molar-refractivity contribution >= 4 is 0 Å².